The predicted octanol–water partition coefficient (Wildman–Crippen LogP) is 5.50. The molecule has 0 saturated heterocycles. The second-order valence-corrected chi connectivity index (χ2v) is 6.78. The van der Waals surface area contributed by atoms with Gasteiger partial charge in [0.05, 0.1) is 22.1 Å². The molecule has 4 heteroatoms. The number of nitrogens with zero attached hydrogens (tertiary/aromatic N) is 4. The van der Waals surface area contributed by atoms with Gasteiger partial charge < -0.3 is 0 Å². The summed E-state index contributed by atoms with van der Waals surface area (Å²) in [7, 11) is 0. The minimum atomic E-state index is 0.734. The van der Waals surface area contributed by atoms with E-state index in [1.165, 1.54) is 0 Å². The highest BCUT2D eigenvalue weighted by Gasteiger charge is 2.15. The van der Waals surface area contributed by atoms with Crippen molar-refractivity contribution in [3.8, 4) is 22.8 Å². The molecule has 0 radical (unpaired) electrons. The lowest BCUT2D eigenvalue weighted by Gasteiger charge is -2.11. The summed E-state index contributed by atoms with van der Waals surface area (Å²) in [6.45, 7) is 0. The molecule has 28 heavy (non-hydrogen) atoms. The van der Waals surface area contributed by atoms with Crippen LogP contribution < -0.4 is 0 Å². The number of benzene rings is 4. The lowest BCUT2D eigenvalue weighted by Crippen LogP contribution is -1.97. The summed E-state index contributed by atoms with van der Waals surface area (Å²) in [6.07, 6.45) is 0. The van der Waals surface area contributed by atoms with Crippen molar-refractivity contribution in [3.05, 3.63) is 84.9 Å². The van der Waals surface area contributed by atoms with Crippen molar-refractivity contribution in [2.75, 3.05) is 0 Å². The molecule has 0 saturated carbocycles. The highest BCUT2D eigenvalue weighted by atomic mass is 14.9. The van der Waals surface area contributed by atoms with Crippen LogP contribution >= 0.6 is 0 Å². The quantitative estimate of drug-likeness (QED) is 0.384. The van der Waals surface area contributed by atoms with Gasteiger partial charge >= 0.3 is 0 Å². The van der Waals surface area contributed by atoms with Gasteiger partial charge in [0.1, 0.15) is 0 Å². The van der Waals surface area contributed by atoms with Crippen molar-refractivity contribution in [1.82, 2.24) is 19.9 Å². The van der Waals surface area contributed by atoms with Gasteiger partial charge in [-0.15, -0.1) is 0 Å². The molecule has 0 N–H and O–H groups in total. The first-order chi connectivity index (χ1) is 13.9. The molecule has 6 rings (SSSR count). The third-order valence-corrected chi connectivity index (χ3v) is 5.04. The van der Waals surface area contributed by atoms with Gasteiger partial charge in [0, 0.05) is 21.9 Å². The SMILES string of the molecule is c1ccc(-c2nc3ccc4nc(-c5ccccc5)nc5ccc(n2)c3c45)cc1. The molecule has 0 spiro atoms. The van der Waals surface area contributed by atoms with Crippen molar-refractivity contribution < 1.29 is 0 Å². The van der Waals surface area contributed by atoms with Gasteiger partial charge in [-0.05, 0) is 24.3 Å². The first-order valence-electron chi connectivity index (χ1n) is 9.18. The van der Waals surface area contributed by atoms with Crippen LogP contribution in [0, 0.1) is 0 Å². The van der Waals surface area contributed by atoms with Crippen molar-refractivity contribution in [3.63, 3.8) is 0 Å². The molecule has 4 nitrogen and oxygen atoms in total. The Bertz CT molecular complexity index is 1260. The van der Waals surface area contributed by atoms with Gasteiger partial charge in [-0.3, -0.25) is 0 Å². The average Bonchev–Trinajstić information content (AvgIpc) is 2.78. The van der Waals surface area contributed by atoms with E-state index >= 15 is 0 Å². The fourth-order valence-corrected chi connectivity index (χ4v) is 3.74. The van der Waals surface area contributed by atoms with E-state index in [-0.39, 0.29) is 0 Å². The first kappa shape index (κ1) is 15.2. The Kier molecular flexibility index (Phi) is 3.14. The summed E-state index contributed by atoms with van der Waals surface area (Å²) < 4.78 is 0. The largest absolute Gasteiger partial charge is 0.228 e. The number of rotatable bonds is 2. The monoisotopic (exact) mass is 358 g/mol. The van der Waals surface area contributed by atoms with Crippen LogP contribution in [0.25, 0.3) is 55.6 Å². The van der Waals surface area contributed by atoms with E-state index in [1.807, 2.05) is 84.9 Å². The Morgan fingerprint density at radius 1 is 0.357 bits per heavy atom. The molecule has 0 fully saturated rings. The Labute approximate surface area is 160 Å². The van der Waals surface area contributed by atoms with E-state index in [4.69, 9.17) is 19.9 Å². The van der Waals surface area contributed by atoms with Crippen molar-refractivity contribution in [2.45, 2.75) is 0 Å². The zero-order valence-corrected chi connectivity index (χ0v) is 14.9. The van der Waals surface area contributed by atoms with E-state index in [2.05, 4.69) is 0 Å². The second kappa shape index (κ2) is 5.79. The van der Waals surface area contributed by atoms with Gasteiger partial charge in [0.25, 0.3) is 0 Å². The molecular formula is C24H14N4. The predicted molar refractivity (Wildman–Crippen MR) is 112 cm³/mol. The highest BCUT2D eigenvalue weighted by molar-refractivity contribution is 6.19. The molecular weight excluding hydrogens is 344 g/mol. The summed E-state index contributed by atoms with van der Waals surface area (Å²) >= 11 is 0. The second-order valence-electron chi connectivity index (χ2n) is 6.78. The smallest absolute Gasteiger partial charge is 0.160 e. The minimum Gasteiger partial charge on any atom is -0.228 e. The number of hydrogen-bond donors (Lipinski definition) is 0. The molecule has 2 heterocycles. The van der Waals surface area contributed by atoms with Crippen molar-refractivity contribution in [1.29, 1.82) is 0 Å². The van der Waals surface area contributed by atoms with Gasteiger partial charge in [-0.1, -0.05) is 60.7 Å². The Balaban J connectivity index is 1.65. The van der Waals surface area contributed by atoms with Crippen LogP contribution in [0.15, 0.2) is 84.9 Å². The highest BCUT2D eigenvalue weighted by Crippen LogP contribution is 2.33. The fraction of sp³-hybridized carbons (Fsp3) is 0. The maximum atomic E-state index is 4.81. The normalized spacial score (nSPS) is 11.6. The zero-order valence-electron chi connectivity index (χ0n) is 14.9. The van der Waals surface area contributed by atoms with Crippen molar-refractivity contribution >= 4 is 32.8 Å². The molecule has 2 aromatic heterocycles. The van der Waals surface area contributed by atoms with Gasteiger partial charge in [-0.25, -0.2) is 19.9 Å². The average molecular weight is 358 g/mol. The molecule has 0 amide bonds. The summed E-state index contributed by atoms with van der Waals surface area (Å²) in [5.41, 5.74) is 5.68. The first-order valence-corrected chi connectivity index (χ1v) is 9.18. The summed E-state index contributed by atoms with van der Waals surface area (Å²) in [6, 6.07) is 28.2. The van der Waals surface area contributed by atoms with Gasteiger partial charge in [0.15, 0.2) is 11.6 Å². The molecule has 0 aliphatic carbocycles. The van der Waals surface area contributed by atoms with E-state index in [0.717, 1.165) is 55.6 Å². The third kappa shape index (κ3) is 2.25. The Morgan fingerprint density at radius 3 is 1.00 bits per heavy atom. The lowest BCUT2D eigenvalue weighted by atomic mass is 10.0. The van der Waals surface area contributed by atoms with Crippen LogP contribution in [0.4, 0.5) is 0 Å². The Hall–Kier alpha value is -3.92. The van der Waals surface area contributed by atoms with E-state index in [1.54, 1.807) is 0 Å². The Morgan fingerprint density at radius 2 is 0.679 bits per heavy atom. The van der Waals surface area contributed by atoms with Crippen LogP contribution in [-0.2, 0) is 0 Å². The zero-order chi connectivity index (χ0) is 18.5. The molecule has 4 aromatic carbocycles. The van der Waals surface area contributed by atoms with Gasteiger partial charge in [0.2, 0.25) is 0 Å². The molecule has 6 aromatic rings. The summed E-state index contributed by atoms with van der Waals surface area (Å²) in [5.74, 6) is 1.47. The maximum Gasteiger partial charge on any atom is 0.160 e. The summed E-state index contributed by atoms with van der Waals surface area (Å²) in [4.78, 5) is 19.2. The molecule has 0 unspecified atom stereocenters. The standard InChI is InChI=1S/C24H14N4/c1-3-7-15(8-4-1)23-25-17-11-13-19-22-20(14-12-18(26-23)21(17)22)28-24(27-19)16-9-5-2-6-10-16/h1-14H. The topological polar surface area (TPSA) is 51.6 Å². The van der Waals surface area contributed by atoms with E-state index in [9.17, 15) is 0 Å². The lowest BCUT2D eigenvalue weighted by molar-refractivity contribution is 1.24. The molecule has 0 atom stereocenters. The van der Waals surface area contributed by atoms with Crippen LogP contribution in [-0.4, -0.2) is 19.9 Å². The summed E-state index contributed by atoms with van der Waals surface area (Å²) in [5, 5.41) is 2.04. The third-order valence-electron chi connectivity index (χ3n) is 5.04. The molecule has 0 aliphatic rings. The molecule has 0 aliphatic heterocycles. The molecule has 130 valence electrons. The fourth-order valence-electron chi connectivity index (χ4n) is 3.74. The molecule has 0 bridgehead atoms. The maximum absolute atomic E-state index is 4.81. The van der Waals surface area contributed by atoms with Crippen LogP contribution in [0.2, 0.25) is 0 Å². The number of hydrogen-bond acceptors (Lipinski definition) is 4. The number of aromatic nitrogens is 4. The van der Waals surface area contributed by atoms with E-state index < -0.39 is 0 Å². The van der Waals surface area contributed by atoms with Crippen LogP contribution in [0.1, 0.15) is 0 Å². The van der Waals surface area contributed by atoms with Crippen LogP contribution in [0.5, 0.6) is 0 Å². The van der Waals surface area contributed by atoms with Crippen molar-refractivity contribution in [2.24, 2.45) is 0 Å². The van der Waals surface area contributed by atoms with Gasteiger partial charge in [-0.2, -0.15) is 0 Å². The minimum absolute atomic E-state index is 0.734. The van der Waals surface area contributed by atoms with E-state index in [0.29, 0.717) is 0 Å². The van der Waals surface area contributed by atoms with Crippen LogP contribution in [0.3, 0.4) is 0 Å².